The van der Waals surface area contributed by atoms with Gasteiger partial charge in [-0.3, -0.25) is 4.79 Å². The number of aliphatic carboxylic acids is 1. The lowest BCUT2D eigenvalue weighted by atomic mass is 9.90. The van der Waals surface area contributed by atoms with Gasteiger partial charge in [-0.05, 0) is 36.0 Å². The molecule has 0 unspecified atom stereocenters. The van der Waals surface area contributed by atoms with Crippen molar-refractivity contribution in [1.82, 2.24) is 0 Å². The molecule has 0 saturated heterocycles. The summed E-state index contributed by atoms with van der Waals surface area (Å²) in [6, 6.07) is 6.13. The number of nitrogens with two attached hydrogens (primary N) is 1. The SMILES string of the molecule is CC(C)(C)CCCC(=O)O.CN1CCOc2cc(CN)ccc21. The number of rotatable bonds is 4. The molecule has 3 N–H and O–H groups in total. The number of hydrogen-bond donors (Lipinski definition) is 2. The number of carbonyl (C=O) groups is 1. The lowest BCUT2D eigenvalue weighted by Crippen LogP contribution is -2.28. The van der Waals surface area contributed by atoms with E-state index < -0.39 is 5.97 Å². The molecular formula is C18H30N2O3. The molecule has 0 bridgehead atoms. The molecule has 0 spiro atoms. The maximum atomic E-state index is 10.1. The molecule has 0 radical (unpaired) electrons. The summed E-state index contributed by atoms with van der Waals surface area (Å²) in [7, 11) is 2.07. The van der Waals surface area contributed by atoms with Crippen LogP contribution in [0.15, 0.2) is 18.2 Å². The minimum absolute atomic E-state index is 0.273. The van der Waals surface area contributed by atoms with Gasteiger partial charge in [-0.2, -0.15) is 0 Å². The minimum Gasteiger partial charge on any atom is -0.490 e. The van der Waals surface area contributed by atoms with Crippen molar-refractivity contribution in [3.63, 3.8) is 0 Å². The maximum absolute atomic E-state index is 10.1. The first-order chi connectivity index (χ1) is 10.7. The molecule has 1 aliphatic rings. The Morgan fingerprint density at radius 3 is 2.65 bits per heavy atom. The molecule has 0 fully saturated rings. The van der Waals surface area contributed by atoms with Crippen molar-refractivity contribution in [2.45, 2.75) is 46.6 Å². The quantitative estimate of drug-likeness (QED) is 0.890. The van der Waals surface area contributed by atoms with E-state index in [0.29, 0.717) is 13.0 Å². The van der Waals surface area contributed by atoms with Gasteiger partial charge in [0.1, 0.15) is 12.4 Å². The van der Waals surface area contributed by atoms with E-state index >= 15 is 0 Å². The molecule has 1 aliphatic heterocycles. The highest BCUT2D eigenvalue weighted by atomic mass is 16.5. The van der Waals surface area contributed by atoms with Gasteiger partial charge in [0.15, 0.2) is 0 Å². The number of hydrogen-bond acceptors (Lipinski definition) is 4. The molecule has 130 valence electrons. The van der Waals surface area contributed by atoms with E-state index in [1.165, 1.54) is 0 Å². The average Bonchev–Trinajstić information content (AvgIpc) is 2.46. The summed E-state index contributed by atoms with van der Waals surface area (Å²) in [6.07, 6.45) is 2.08. The summed E-state index contributed by atoms with van der Waals surface area (Å²) in [6.45, 7) is 8.64. The van der Waals surface area contributed by atoms with Gasteiger partial charge in [-0.25, -0.2) is 0 Å². The van der Waals surface area contributed by atoms with Crippen LogP contribution in [0, 0.1) is 5.41 Å². The molecule has 0 amide bonds. The molecule has 2 rings (SSSR count). The molecule has 0 saturated carbocycles. The van der Waals surface area contributed by atoms with E-state index in [4.69, 9.17) is 15.6 Å². The third-order valence-electron chi connectivity index (χ3n) is 3.67. The fourth-order valence-electron chi connectivity index (χ4n) is 2.30. The highest BCUT2D eigenvalue weighted by Gasteiger charge is 2.14. The second-order valence-electron chi connectivity index (χ2n) is 7.08. The fourth-order valence-corrected chi connectivity index (χ4v) is 2.30. The van der Waals surface area contributed by atoms with Gasteiger partial charge in [0.25, 0.3) is 0 Å². The number of likely N-dealkylation sites (N-methyl/N-ethyl adjacent to an activating group) is 1. The van der Waals surface area contributed by atoms with Crippen LogP contribution in [0.3, 0.4) is 0 Å². The molecular weight excluding hydrogens is 292 g/mol. The van der Waals surface area contributed by atoms with Crippen molar-refractivity contribution in [1.29, 1.82) is 0 Å². The van der Waals surface area contributed by atoms with Crippen LogP contribution in [0.2, 0.25) is 0 Å². The zero-order valence-corrected chi connectivity index (χ0v) is 14.8. The zero-order valence-electron chi connectivity index (χ0n) is 14.8. The van der Waals surface area contributed by atoms with Crippen LogP contribution >= 0.6 is 0 Å². The number of ether oxygens (including phenoxy) is 1. The molecule has 0 aromatic heterocycles. The number of carboxylic acids is 1. The van der Waals surface area contributed by atoms with Crippen molar-refractivity contribution < 1.29 is 14.6 Å². The fraction of sp³-hybridized carbons (Fsp3) is 0.611. The van der Waals surface area contributed by atoms with Crippen LogP contribution in [0.5, 0.6) is 5.75 Å². The molecule has 5 nitrogen and oxygen atoms in total. The van der Waals surface area contributed by atoms with E-state index in [-0.39, 0.29) is 5.41 Å². The summed E-state index contributed by atoms with van der Waals surface area (Å²) in [5, 5.41) is 8.31. The Morgan fingerprint density at radius 1 is 1.39 bits per heavy atom. The smallest absolute Gasteiger partial charge is 0.303 e. The highest BCUT2D eigenvalue weighted by Crippen LogP contribution is 2.31. The van der Waals surface area contributed by atoms with Crippen LogP contribution in [0.4, 0.5) is 5.69 Å². The minimum atomic E-state index is -0.691. The first-order valence-electron chi connectivity index (χ1n) is 8.11. The summed E-state index contributed by atoms with van der Waals surface area (Å²) in [4.78, 5) is 12.3. The molecule has 0 aliphatic carbocycles. The molecule has 1 heterocycles. The standard InChI is InChI=1S/C10H14N2O.C8H16O2/c1-12-4-5-13-10-6-8(7-11)2-3-9(10)12;1-8(2,3)6-4-5-7(9)10/h2-3,6H,4-5,7,11H2,1H3;4-6H2,1-3H3,(H,9,10). The van der Waals surface area contributed by atoms with Gasteiger partial charge in [0.05, 0.1) is 12.2 Å². The second kappa shape index (κ2) is 8.77. The van der Waals surface area contributed by atoms with Crippen molar-refractivity contribution in [3.05, 3.63) is 23.8 Å². The van der Waals surface area contributed by atoms with E-state index in [1.807, 2.05) is 12.1 Å². The van der Waals surface area contributed by atoms with Gasteiger partial charge in [-0.15, -0.1) is 0 Å². The normalized spacial score (nSPS) is 13.5. The topological polar surface area (TPSA) is 75.8 Å². The van der Waals surface area contributed by atoms with E-state index in [2.05, 4.69) is 38.8 Å². The van der Waals surface area contributed by atoms with Gasteiger partial charge < -0.3 is 20.5 Å². The zero-order chi connectivity index (χ0) is 17.5. The molecule has 23 heavy (non-hydrogen) atoms. The van der Waals surface area contributed by atoms with Crippen LogP contribution in [-0.4, -0.2) is 31.3 Å². The molecule has 5 heteroatoms. The van der Waals surface area contributed by atoms with E-state index in [1.54, 1.807) is 0 Å². The van der Waals surface area contributed by atoms with Crippen LogP contribution < -0.4 is 15.4 Å². The van der Waals surface area contributed by atoms with Gasteiger partial charge in [0.2, 0.25) is 0 Å². The van der Waals surface area contributed by atoms with Crippen molar-refractivity contribution in [2.24, 2.45) is 11.1 Å². The monoisotopic (exact) mass is 322 g/mol. The summed E-state index contributed by atoms with van der Waals surface area (Å²) in [5.41, 5.74) is 8.10. The molecule has 1 aromatic rings. The Bertz CT molecular complexity index is 509. The van der Waals surface area contributed by atoms with Crippen molar-refractivity contribution >= 4 is 11.7 Å². The van der Waals surface area contributed by atoms with Crippen LogP contribution in [-0.2, 0) is 11.3 Å². The van der Waals surface area contributed by atoms with Gasteiger partial charge in [0, 0.05) is 20.0 Å². The van der Waals surface area contributed by atoms with Crippen LogP contribution in [0.25, 0.3) is 0 Å². The summed E-state index contributed by atoms with van der Waals surface area (Å²) >= 11 is 0. The third-order valence-corrected chi connectivity index (χ3v) is 3.67. The molecule has 1 aromatic carbocycles. The number of nitrogens with zero attached hydrogens (tertiary/aromatic N) is 1. The number of carboxylic acid groups (broad SMARTS) is 1. The first-order valence-corrected chi connectivity index (χ1v) is 8.11. The van der Waals surface area contributed by atoms with Crippen LogP contribution in [0.1, 0.15) is 45.6 Å². The predicted octanol–water partition coefficient (Wildman–Crippen LogP) is 3.26. The average molecular weight is 322 g/mol. The number of benzene rings is 1. The van der Waals surface area contributed by atoms with Gasteiger partial charge >= 0.3 is 5.97 Å². The Balaban J connectivity index is 0.000000241. The lowest BCUT2D eigenvalue weighted by Gasteiger charge is -2.27. The van der Waals surface area contributed by atoms with Gasteiger partial charge in [-0.1, -0.05) is 26.8 Å². The van der Waals surface area contributed by atoms with E-state index in [9.17, 15) is 4.79 Å². The summed E-state index contributed by atoms with van der Waals surface area (Å²) < 4.78 is 5.54. The molecule has 0 atom stereocenters. The Kier molecular flexibility index (Phi) is 7.36. The van der Waals surface area contributed by atoms with Crippen molar-refractivity contribution in [3.8, 4) is 5.75 Å². The predicted molar refractivity (Wildman–Crippen MR) is 94.0 cm³/mol. The highest BCUT2D eigenvalue weighted by molar-refractivity contribution is 5.66. The number of anilines is 1. The summed E-state index contributed by atoms with van der Waals surface area (Å²) in [5.74, 6) is 0.265. The number of fused-ring (bicyclic) bond motifs is 1. The maximum Gasteiger partial charge on any atom is 0.303 e. The largest absolute Gasteiger partial charge is 0.490 e. The second-order valence-corrected chi connectivity index (χ2v) is 7.08. The first kappa shape index (κ1) is 19.3. The Morgan fingerprint density at radius 2 is 2.09 bits per heavy atom. The Hall–Kier alpha value is -1.75. The third kappa shape index (κ3) is 7.37. The van der Waals surface area contributed by atoms with E-state index in [0.717, 1.165) is 43.0 Å². The van der Waals surface area contributed by atoms with Crippen molar-refractivity contribution in [2.75, 3.05) is 25.1 Å². The Labute approximate surface area is 139 Å². The lowest BCUT2D eigenvalue weighted by molar-refractivity contribution is -0.137.